The highest BCUT2D eigenvalue weighted by Gasteiger charge is 2.21. The lowest BCUT2D eigenvalue weighted by atomic mass is 10.2. The van der Waals surface area contributed by atoms with Gasteiger partial charge in [0.2, 0.25) is 0 Å². The molecule has 0 aromatic carbocycles. The second-order valence-electron chi connectivity index (χ2n) is 4.70. The fourth-order valence-corrected chi connectivity index (χ4v) is 2.84. The minimum atomic E-state index is -0.996. The molecule has 1 N–H and O–H groups in total. The molecule has 0 saturated carbocycles. The van der Waals surface area contributed by atoms with Gasteiger partial charge in [0.1, 0.15) is 0 Å². The first-order valence-corrected chi connectivity index (χ1v) is 7.34. The molecular weight excluding hydrogens is 278 g/mol. The van der Waals surface area contributed by atoms with Crippen molar-refractivity contribution in [2.75, 3.05) is 19.7 Å². The number of carboxylic acids is 1. The maximum absolute atomic E-state index is 12.4. The Balaban J connectivity index is 2.06. The zero-order chi connectivity index (χ0) is 14.5. The first-order valence-electron chi connectivity index (χ1n) is 6.46. The molecule has 1 fully saturated rings. The van der Waals surface area contributed by atoms with E-state index in [0.29, 0.717) is 25.3 Å². The van der Waals surface area contributed by atoms with E-state index in [2.05, 4.69) is 0 Å². The highest BCUT2D eigenvalue weighted by molar-refractivity contribution is 7.11. The summed E-state index contributed by atoms with van der Waals surface area (Å²) in [6.07, 6.45) is 3.46. The summed E-state index contributed by atoms with van der Waals surface area (Å²) in [5, 5.41) is 10.3. The van der Waals surface area contributed by atoms with Crippen LogP contribution < -0.4 is 0 Å². The van der Waals surface area contributed by atoms with E-state index in [1.54, 1.807) is 16.3 Å². The molecule has 6 heteroatoms. The largest absolute Gasteiger partial charge is 0.478 e. The summed E-state index contributed by atoms with van der Waals surface area (Å²) in [6.45, 7) is 3.93. The van der Waals surface area contributed by atoms with Gasteiger partial charge in [-0.3, -0.25) is 4.79 Å². The van der Waals surface area contributed by atoms with Crippen LogP contribution in [0.5, 0.6) is 0 Å². The van der Waals surface area contributed by atoms with Gasteiger partial charge in [0.05, 0.1) is 11.7 Å². The van der Waals surface area contributed by atoms with Gasteiger partial charge in [-0.1, -0.05) is 0 Å². The van der Waals surface area contributed by atoms with Gasteiger partial charge < -0.3 is 14.7 Å². The number of hydrogen-bond acceptors (Lipinski definition) is 4. The molecule has 1 aliphatic heterocycles. The molecule has 1 atom stereocenters. The highest BCUT2D eigenvalue weighted by atomic mass is 32.1. The third-order valence-corrected chi connectivity index (χ3v) is 3.89. The molecule has 2 rings (SSSR count). The van der Waals surface area contributed by atoms with Crippen molar-refractivity contribution in [2.24, 2.45) is 0 Å². The van der Waals surface area contributed by atoms with Gasteiger partial charge in [-0.15, -0.1) is 11.3 Å². The number of thiophene rings is 1. The van der Waals surface area contributed by atoms with Gasteiger partial charge in [0, 0.05) is 36.0 Å². The Labute approximate surface area is 121 Å². The molecule has 0 aliphatic carbocycles. The molecule has 108 valence electrons. The Kier molecular flexibility index (Phi) is 4.92. The van der Waals surface area contributed by atoms with Crippen molar-refractivity contribution in [3.05, 3.63) is 28.0 Å². The number of carbonyl (C=O) groups is 2. The molecule has 1 aliphatic rings. The highest BCUT2D eigenvalue weighted by Crippen LogP contribution is 2.19. The van der Waals surface area contributed by atoms with E-state index >= 15 is 0 Å². The molecule has 1 unspecified atom stereocenters. The summed E-state index contributed by atoms with van der Waals surface area (Å²) >= 11 is 1.36. The number of amides is 1. The van der Waals surface area contributed by atoms with Crippen LogP contribution in [0.2, 0.25) is 0 Å². The first kappa shape index (κ1) is 14.7. The normalized spacial score (nSPS) is 20.1. The molecule has 0 spiro atoms. The van der Waals surface area contributed by atoms with Gasteiger partial charge in [-0.05, 0) is 25.5 Å². The van der Waals surface area contributed by atoms with Gasteiger partial charge >= 0.3 is 5.97 Å². The van der Waals surface area contributed by atoms with Crippen molar-refractivity contribution in [2.45, 2.75) is 19.4 Å². The van der Waals surface area contributed by atoms with Crippen LogP contribution in [0.1, 0.15) is 28.6 Å². The van der Waals surface area contributed by atoms with Crippen molar-refractivity contribution < 1.29 is 19.4 Å². The SMILES string of the molecule is CC1CN(C(=O)c2csc(C=CC(=O)O)c2)CCCO1. The smallest absolute Gasteiger partial charge is 0.328 e. The number of nitrogens with zero attached hydrogens (tertiary/aromatic N) is 1. The summed E-state index contributed by atoms with van der Waals surface area (Å²) in [6, 6.07) is 1.73. The summed E-state index contributed by atoms with van der Waals surface area (Å²) in [4.78, 5) is 25.4. The van der Waals surface area contributed by atoms with Crippen LogP contribution in [-0.4, -0.2) is 47.7 Å². The van der Waals surface area contributed by atoms with Crippen molar-refractivity contribution in [1.29, 1.82) is 0 Å². The number of carbonyl (C=O) groups excluding carboxylic acids is 1. The standard InChI is InChI=1S/C14H17NO4S/c1-10-8-15(5-2-6-19-10)14(18)11-7-12(20-9-11)3-4-13(16)17/h3-4,7,9-10H,2,5-6,8H2,1H3,(H,16,17). The first-order chi connectivity index (χ1) is 9.56. The van der Waals surface area contributed by atoms with Gasteiger partial charge in [0.15, 0.2) is 0 Å². The summed E-state index contributed by atoms with van der Waals surface area (Å²) < 4.78 is 5.52. The van der Waals surface area contributed by atoms with Crippen molar-refractivity contribution in [3.8, 4) is 0 Å². The maximum atomic E-state index is 12.4. The van der Waals surface area contributed by atoms with Gasteiger partial charge in [0.25, 0.3) is 5.91 Å². The summed E-state index contributed by atoms with van der Waals surface area (Å²) in [7, 11) is 0. The molecule has 1 aromatic rings. The molecular formula is C14H17NO4S. The lowest BCUT2D eigenvalue weighted by Crippen LogP contribution is -2.35. The van der Waals surface area contributed by atoms with Crippen molar-refractivity contribution in [3.63, 3.8) is 0 Å². The minimum Gasteiger partial charge on any atom is -0.478 e. The Bertz CT molecular complexity index is 523. The molecule has 0 radical (unpaired) electrons. The molecule has 1 aromatic heterocycles. The zero-order valence-corrected chi connectivity index (χ0v) is 12.1. The number of rotatable bonds is 3. The number of ether oxygens (including phenoxy) is 1. The third-order valence-electron chi connectivity index (χ3n) is 3.00. The maximum Gasteiger partial charge on any atom is 0.328 e. The van der Waals surface area contributed by atoms with E-state index in [-0.39, 0.29) is 12.0 Å². The zero-order valence-electron chi connectivity index (χ0n) is 11.2. The molecule has 20 heavy (non-hydrogen) atoms. The van der Waals surface area contributed by atoms with E-state index in [9.17, 15) is 9.59 Å². The average molecular weight is 295 g/mol. The van der Waals surface area contributed by atoms with E-state index in [1.807, 2.05) is 6.92 Å². The number of carboxylic acid groups (broad SMARTS) is 1. The molecule has 2 heterocycles. The van der Waals surface area contributed by atoms with Crippen LogP contribution in [0.15, 0.2) is 17.5 Å². The topological polar surface area (TPSA) is 66.8 Å². The van der Waals surface area contributed by atoms with Crippen LogP contribution in [0.4, 0.5) is 0 Å². The fourth-order valence-electron chi connectivity index (χ4n) is 2.07. The summed E-state index contributed by atoms with van der Waals surface area (Å²) in [5.74, 6) is -1.02. The van der Waals surface area contributed by atoms with Gasteiger partial charge in [-0.2, -0.15) is 0 Å². The van der Waals surface area contributed by atoms with E-state index in [1.165, 1.54) is 17.4 Å². The average Bonchev–Trinajstić information content (AvgIpc) is 2.77. The fraction of sp³-hybridized carbons (Fsp3) is 0.429. The van der Waals surface area contributed by atoms with Crippen LogP contribution in [0.25, 0.3) is 6.08 Å². The Morgan fingerprint density at radius 2 is 2.35 bits per heavy atom. The number of aliphatic carboxylic acids is 1. The van der Waals surface area contributed by atoms with E-state index in [0.717, 1.165) is 17.4 Å². The number of hydrogen-bond donors (Lipinski definition) is 1. The summed E-state index contributed by atoms with van der Waals surface area (Å²) in [5.41, 5.74) is 0.606. The lowest BCUT2D eigenvalue weighted by Gasteiger charge is -2.21. The Morgan fingerprint density at radius 3 is 3.10 bits per heavy atom. The van der Waals surface area contributed by atoms with Crippen LogP contribution in [-0.2, 0) is 9.53 Å². The Hall–Kier alpha value is -1.66. The van der Waals surface area contributed by atoms with Gasteiger partial charge in [-0.25, -0.2) is 4.79 Å². The van der Waals surface area contributed by atoms with Crippen LogP contribution in [0.3, 0.4) is 0 Å². The van der Waals surface area contributed by atoms with Crippen molar-refractivity contribution >= 4 is 29.3 Å². The van der Waals surface area contributed by atoms with Crippen LogP contribution in [0, 0.1) is 0 Å². The predicted octanol–water partition coefficient (Wildman–Crippen LogP) is 2.10. The second-order valence-corrected chi connectivity index (χ2v) is 5.64. The molecule has 1 saturated heterocycles. The second kappa shape index (κ2) is 6.67. The quantitative estimate of drug-likeness (QED) is 0.867. The van der Waals surface area contributed by atoms with Crippen molar-refractivity contribution in [1.82, 2.24) is 4.90 Å². The minimum absolute atomic E-state index is 0.0198. The monoisotopic (exact) mass is 295 g/mol. The van der Waals surface area contributed by atoms with Crippen LogP contribution >= 0.6 is 11.3 Å². The molecule has 0 bridgehead atoms. The van der Waals surface area contributed by atoms with E-state index < -0.39 is 5.97 Å². The third kappa shape index (κ3) is 3.91. The lowest BCUT2D eigenvalue weighted by molar-refractivity contribution is -0.131. The van der Waals surface area contributed by atoms with E-state index in [4.69, 9.17) is 9.84 Å². The predicted molar refractivity (Wildman–Crippen MR) is 76.9 cm³/mol. The molecule has 1 amide bonds. The Morgan fingerprint density at radius 1 is 1.55 bits per heavy atom. The molecule has 5 nitrogen and oxygen atoms in total.